The number of hydrogen-bond acceptors (Lipinski definition) is 4. The van der Waals surface area contributed by atoms with Gasteiger partial charge in [-0.3, -0.25) is 13.9 Å². The molecule has 0 radical (unpaired) electrons. The van der Waals surface area contributed by atoms with Crippen molar-refractivity contribution >= 4 is 50.7 Å². The second-order valence-electron chi connectivity index (χ2n) is 10.2. The maximum Gasteiger partial charge on any atom is 0.244 e. The topological polar surface area (TPSA) is 86.8 Å². The lowest BCUT2D eigenvalue weighted by molar-refractivity contribution is -0.140. The van der Waals surface area contributed by atoms with Gasteiger partial charge >= 0.3 is 0 Å². The quantitative estimate of drug-likeness (QED) is 0.459. The molecule has 0 bridgehead atoms. The van der Waals surface area contributed by atoms with Crippen molar-refractivity contribution < 1.29 is 18.0 Å². The van der Waals surface area contributed by atoms with Gasteiger partial charge in [0, 0.05) is 27.7 Å². The molecule has 36 heavy (non-hydrogen) atoms. The Labute approximate surface area is 224 Å². The maximum absolute atomic E-state index is 13.6. The van der Waals surface area contributed by atoms with E-state index in [2.05, 4.69) is 5.32 Å². The van der Waals surface area contributed by atoms with Crippen LogP contribution in [0.5, 0.6) is 0 Å². The fraction of sp³-hybridized carbons (Fsp3) is 0.462. The van der Waals surface area contributed by atoms with Crippen LogP contribution in [0.3, 0.4) is 0 Å². The third-order valence-corrected chi connectivity index (χ3v) is 7.43. The lowest BCUT2D eigenvalue weighted by Crippen LogP contribution is -2.54. The number of halogens is 2. The minimum atomic E-state index is -3.81. The highest BCUT2D eigenvalue weighted by Gasteiger charge is 2.32. The number of sulfonamides is 1. The van der Waals surface area contributed by atoms with Gasteiger partial charge in [-0.05, 0) is 63.4 Å². The Balaban J connectivity index is 2.46. The first-order valence-electron chi connectivity index (χ1n) is 11.6. The summed E-state index contributed by atoms with van der Waals surface area (Å²) in [7, 11) is -3.81. The van der Waals surface area contributed by atoms with E-state index in [0.717, 1.165) is 16.1 Å². The average Bonchev–Trinajstić information content (AvgIpc) is 2.75. The molecule has 0 aromatic heterocycles. The minimum absolute atomic E-state index is 0.0695. The van der Waals surface area contributed by atoms with Crippen LogP contribution in [0.4, 0.5) is 5.69 Å². The van der Waals surface area contributed by atoms with Crippen molar-refractivity contribution in [2.24, 2.45) is 0 Å². The van der Waals surface area contributed by atoms with Gasteiger partial charge in [0.2, 0.25) is 21.8 Å². The zero-order valence-electron chi connectivity index (χ0n) is 21.8. The smallest absolute Gasteiger partial charge is 0.244 e. The van der Waals surface area contributed by atoms with Gasteiger partial charge in [0.25, 0.3) is 0 Å². The molecule has 0 saturated heterocycles. The number of hydrogen-bond donors (Lipinski definition) is 1. The number of nitrogens with one attached hydrogen (secondary N) is 1. The van der Waals surface area contributed by atoms with Crippen molar-refractivity contribution in [3.63, 3.8) is 0 Å². The van der Waals surface area contributed by atoms with E-state index in [4.69, 9.17) is 23.2 Å². The molecule has 2 rings (SSSR count). The molecule has 2 aromatic rings. The Morgan fingerprint density at radius 1 is 0.972 bits per heavy atom. The van der Waals surface area contributed by atoms with E-state index in [9.17, 15) is 18.0 Å². The summed E-state index contributed by atoms with van der Waals surface area (Å²) < 4.78 is 26.4. The second kappa shape index (κ2) is 11.8. The molecule has 10 heteroatoms. The van der Waals surface area contributed by atoms with Crippen LogP contribution in [0.25, 0.3) is 0 Å². The standard InChI is InChI=1S/C26H35Cl2N3O4S/c1-17(2)19-11-13-20(14-12-19)31(36(7,34)35)16-24(32)30(18(3)25(33)29-26(4,5)6)15-21-22(27)9-8-10-23(21)28/h8-14,17-18H,15-16H2,1-7H3,(H,29,33)/t18-/m1/s1. The van der Waals surface area contributed by atoms with E-state index >= 15 is 0 Å². The van der Waals surface area contributed by atoms with Crippen LogP contribution in [0.2, 0.25) is 10.0 Å². The predicted molar refractivity (Wildman–Crippen MR) is 147 cm³/mol. The SMILES string of the molecule is CC(C)c1ccc(N(CC(=O)N(Cc2c(Cl)cccc2Cl)[C@H](C)C(=O)NC(C)(C)C)S(C)(=O)=O)cc1. The van der Waals surface area contributed by atoms with Gasteiger partial charge in [-0.15, -0.1) is 0 Å². The van der Waals surface area contributed by atoms with Crippen molar-refractivity contribution in [1.29, 1.82) is 0 Å². The highest BCUT2D eigenvalue weighted by molar-refractivity contribution is 7.92. The fourth-order valence-corrected chi connectivity index (χ4v) is 4.92. The summed E-state index contributed by atoms with van der Waals surface area (Å²) in [5, 5.41) is 3.55. The molecule has 0 saturated carbocycles. The summed E-state index contributed by atoms with van der Waals surface area (Å²) in [4.78, 5) is 28.0. The van der Waals surface area contributed by atoms with Crippen molar-refractivity contribution in [3.05, 3.63) is 63.6 Å². The molecule has 2 aromatic carbocycles. The van der Waals surface area contributed by atoms with E-state index in [1.165, 1.54) is 4.90 Å². The van der Waals surface area contributed by atoms with E-state index in [1.54, 1.807) is 37.3 Å². The van der Waals surface area contributed by atoms with E-state index in [0.29, 0.717) is 21.3 Å². The first-order chi connectivity index (χ1) is 16.5. The van der Waals surface area contributed by atoms with Gasteiger partial charge in [-0.25, -0.2) is 8.42 Å². The van der Waals surface area contributed by atoms with Crippen LogP contribution in [0, 0.1) is 0 Å². The number of carbonyl (C=O) groups is 2. The summed E-state index contributed by atoms with van der Waals surface area (Å²) in [6.45, 7) is 10.6. The molecule has 7 nitrogen and oxygen atoms in total. The van der Waals surface area contributed by atoms with Gasteiger partial charge < -0.3 is 10.2 Å². The molecule has 0 aliphatic heterocycles. The number of carbonyl (C=O) groups excluding carboxylic acids is 2. The highest BCUT2D eigenvalue weighted by Crippen LogP contribution is 2.27. The van der Waals surface area contributed by atoms with Crippen LogP contribution in [0.15, 0.2) is 42.5 Å². The first kappa shape index (κ1) is 29.9. The van der Waals surface area contributed by atoms with Gasteiger partial charge in [-0.1, -0.05) is 55.2 Å². The third-order valence-electron chi connectivity index (χ3n) is 5.58. The molecule has 0 aliphatic rings. The molecular formula is C26H35Cl2N3O4S. The average molecular weight is 557 g/mol. The lowest BCUT2D eigenvalue weighted by atomic mass is 10.0. The molecule has 0 aliphatic carbocycles. The monoisotopic (exact) mass is 555 g/mol. The Bertz CT molecular complexity index is 1170. The summed E-state index contributed by atoms with van der Waals surface area (Å²) in [6.07, 6.45) is 1.04. The number of benzene rings is 2. The normalized spacial score (nSPS) is 12.8. The molecule has 198 valence electrons. The summed E-state index contributed by atoms with van der Waals surface area (Å²) >= 11 is 12.7. The summed E-state index contributed by atoms with van der Waals surface area (Å²) in [5.41, 5.74) is 1.34. The van der Waals surface area contributed by atoms with Gasteiger partial charge in [-0.2, -0.15) is 0 Å². The maximum atomic E-state index is 13.6. The molecule has 0 heterocycles. The van der Waals surface area contributed by atoms with E-state index in [1.807, 2.05) is 46.8 Å². The molecule has 0 fully saturated rings. The Morgan fingerprint density at radius 3 is 1.94 bits per heavy atom. The number of amides is 2. The number of nitrogens with zero attached hydrogens (tertiary/aromatic N) is 2. The van der Waals surface area contributed by atoms with Crippen LogP contribution in [0.1, 0.15) is 58.6 Å². The Kier molecular flexibility index (Phi) is 9.84. The van der Waals surface area contributed by atoms with Crippen LogP contribution >= 0.6 is 23.2 Å². The van der Waals surface area contributed by atoms with Gasteiger partial charge in [0.1, 0.15) is 12.6 Å². The summed E-state index contributed by atoms with van der Waals surface area (Å²) in [5.74, 6) is -0.683. The zero-order valence-corrected chi connectivity index (χ0v) is 24.1. The van der Waals surface area contributed by atoms with Gasteiger partial charge in [0.05, 0.1) is 11.9 Å². The highest BCUT2D eigenvalue weighted by atomic mass is 35.5. The van der Waals surface area contributed by atoms with Crippen LogP contribution in [-0.4, -0.2) is 49.5 Å². The minimum Gasteiger partial charge on any atom is -0.350 e. The fourth-order valence-electron chi connectivity index (χ4n) is 3.55. The second-order valence-corrected chi connectivity index (χ2v) is 12.9. The molecule has 1 N–H and O–H groups in total. The predicted octanol–water partition coefficient (Wildman–Crippen LogP) is 5.21. The molecule has 0 unspecified atom stereocenters. The largest absolute Gasteiger partial charge is 0.350 e. The Hall–Kier alpha value is -2.29. The van der Waals surface area contributed by atoms with Crippen molar-refractivity contribution in [2.75, 3.05) is 17.1 Å². The molecule has 1 atom stereocenters. The van der Waals surface area contributed by atoms with Crippen LogP contribution < -0.4 is 9.62 Å². The van der Waals surface area contributed by atoms with Crippen molar-refractivity contribution in [2.45, 2.75) is 65.6 Å². The first-order valence-corrected chi connectivity index (χ1v) is 14.2. The Morgan fingerprint density at radius 2 is 1.50 bits per heavy atom. The van der Waals surface area contributed by atoms with Crippen molar-refractivity contribution in [1.82, 2.24) is 10.2 Å². The third kappa shape index (κ3) is 8.11. The van der Waals surface area contributed by atoms with Crippen LogP contribution in [-0.2, 0) is 26.2 Å². The zero-order chi connectivity index (χ0) is 27.4. The van der Waals surface area contributed by atoms with E-state index < -0.39 is 34.1 Å². The lowest BCUT2D eigenvalue weighted by Gasteiger charge is -2.33. The molecular weight excluding hydrogens is 521 g/mol. The van der Waals surface area contributed by atoms with Gasteiger partial charge in [0.15, 0.2) is 0 Å². The number of anilines is 1. The molecule has 2 amide bonds. The molecule has 0 spiro atoms. The summed E-state index contributed by atoms with van der Waals surface area (Å²) in [6, 6.07) is 11.1. The van der Waals surface area contributed by atoms with E-state index in [-0.39, 0.29) is 18.4 Å². The van der Waals surface area contributed by atoms with Crippen molar-refractivity contribution in [3.8, 4) is 0 Å². The number of rotatable bonds is 9.